The van der Waals surface area contributed by atoms with E-state index in [0.717, 1.165) is 38.4 Å². The zero-order chi connectivity index (χ0) is 15.3. The molecule has 4 heteroatoms. The molecule has 0 bridgehead atoms. The number of benzene rings is 1. The molecule has 22 heavy (non-hydrogen) atoms. The molecule has 0 fully saturated rings. The maximum Gasteiger partial charge on any atom is 0.167 e. The van der Waals surface area contributed by atoms with Crippen LogP contribution in [0.2, 0.25) is 0 Å². The van der Waals surface area contributed by atoms with E-state index in [1.807, 2.05) is 60.0 Å². The molecule has 0 aliphatic rings. The zero-order valence-electron chi connectivity index (χ0n) is 11.8. The second kappa shape index (κ2) is 4.85. The summed E-state index contributed by atoms with van der Waals surface area (Å²) in [4.78, 5) is 11.6. The maximum atomic E-state index is 11.6. The molecule has 3 nitrogen and oxygen atoms in total. The molecule has 0 aliphatic heterocycles. The minimum atomic E-state index is 0.608. The molecule has 4 aromatic rings. The lowest BCUT2D eigenvalue weighted by molar-refractivity contribution is 0.111. The number of aryl methyl sites for hydroxylation is 1. The largest absolute Gasteiger partial charge is 0.456 e. The number of hydrogen-bond donors (Lipinski definition) is 0. The fourth-order valence-corrected chi connectivity index (χ4v) is 3.14. The third-order valence-corrected chi connectivity index (χ3v) is 4.30. The molecule has 0 unspecified atom stereocenters. The van der Waals surface area contributed by atoms with Gasteiger partial charge in [0, 0.05) is 27.1 Å². The van der Waals surface area contributed by atoms with Gasteiger partial charge in [-0.15, -0.1) is 0 Å². The van der Waals surface area contributed by atoms with Crippen LogP contribution in [0.15, 0.2) is 57.6 Å². The monoisotopic (exact) mass is 353 g/mol. The molecular formula is C18H12BrNO2. The predicted molar refractivity (Wildman–Crippen MR) is 90.4 cm³/mol. The zero-order valence-corrected chi connectivity index (χ0v) is 13.4. The summed E-state index contributed by atoms with van der Waals surface area (Å²) >= 11 is 3.46. The highest BCUT2D eigenvalue weighted by Crippen LogP contribution is 2.33. The SMILES string of the molecule is Cc1ccc2cc(-c3cc4cc(Br)ccc4o3)c(C=O)n2c1. The van der Waals surface area contributed by atoms with Crippen molar-refractivity contribution >= 4 is 38.7 Å². The number of halogens is 1. The van der Waals surface area contributed by atoms with Crippen molar-refractivity contribution in [3.63, 3.8) is 0 Å². The van der Waals surface area contributed by atoms with Crippen LogP contribution in [0, 0.1) is 6.92 Å². The van der Waals surface area contributed by atoms with E-state index in [0.29, 0.717) is 11.5 Å². The van der Waals surface area contributed by atoms with Gasteiger partial charge in [0.25, 0.3) is 0 Å². The second-order valence-corrected chi connectivity index (χ2v) is 6.27. The number of pyridine rings is 1. The van der Waals surface area contributed by atoms with Gasteiger partial charge in [0.1, 0.15) is 11.3 Å². The first-order chi connectivity index (χ1) is 10.7. The van der Waals surface area contributed by atoms with Gasteiger partial charge in [0.2, 0.25) is 0 Å². The van der Waals surface area contributed by atoms with Crippen molar-refractivity contribution < 1.29 is 9.21 Å². The number of aromatic nitrogens is 1. The molecule has 0 atom stereocenters. The van der Waals surface area contributed by atoms with Gasteiger partial charge < -0.3 is 8.82 Å². The maximum absolute atomic E-state index is 11.6. The summed E-state index contributed by atoms with van der Waals surface area (Å²) in [6, 6.07) is 13.8. The van der Waals surface area contributed by atoms with Crippen molar-refractivity contribution in [3.05, 3.63) is 64.4 Å². The van der Waals surface area contributed by atoms with Crippen LogP contribution in [0.25, 0.3) is 27.8 Å². The molecule has 0 amide bonds. The third-order valence-electron chi connectivity index (χ3n) is 3.81. The normalized spacial score (nSPS) is 11.4. The van der Waals surface area contributed by atoms with Crippen molar-refractivity contribution in [1.82, 2.24) is 4.40 Å². The van der Waals surface area contributed by atoms with Crippen molar-refractivity contribution in [3.8, 4) is 11.3 Å². The van der Waals surface area contributed by atoms with Crippen LogP contribution < -0.4 is 0 Å². The van der Waals surface area contributed by atoms with Gasteiger partial charge in [-0.2, -0.15) is 0 Å². The lowest BCUT2D eigenvalue weighted by Crippen LogP contribution is -1.92. The van der Waals surface area contributed by atoms with Crippen LogP contribution in [0.5, 0.6) is 0 Å². The Morgan fingerprint density at radius 1 is 1.14 bits per heavy atom. The second-order valence-electron chi connectivity index (χ2n) is 5.36. The summed E-state index contributed by atoms with van der Waals surface area (Å²) < 4.78 is 8.82. The number of carbonyl (C=O) groups is 1. The Hall–Kier alpha value is -2.33. The fraction of sp³-hybridized carbons (Fsp3) is 0.0556. The Morgan fingerprint density at radius 2 is 2.00 bits per heavy atom. The van der Waals surface area contributed by atoms with Crippen molar-refractivity contribution in [2.75, 3.05) is 0 Å². The van der Waals surface area contributed by atoms with Gasteiger partial charge in [-0.1, -0.05) is 22.0 Å². The van der Waals surface area contributed by atoms with Crippen LogP contribution in [0.1, 0.15) is 16.1 Å². The van der Waals surface area contributed by atoms with Crippen LogP contribution in [-0.4, -0.2) is 10.7 Å². The molecular weight excluding hydrogens is 342 g/mol. The number of aldehydes is 1. The molecule has 0 aliphatic carbocycles. The lowest BCUT2D eigenvalue weighted by atomic mass is 10.2. The molecule has 3 aromatic heterocycles. The van der Waals surface area contributed by atoms with E-state index in [1.165, 1.54) is 0 Å². The van der Waals surface area contributed by atoms with Gasteiger partial charge in [-0.05, 0) is 48.9 Å². The molecule has 0 spiro atoms. The van der Waals surface area contributed by atoms with Gasteiger partial charge in [0.15, 0.2) is 6.29 Å². The summed E-state index contributed by atoms with van der Waals surface area (Å²) in [5, 5.41) is 1.01. The molecule has 0 saturated heterocycles. The summed E-state index contributed by atoms with van der Waals surface area (Å²) in [5.74, 6) is 0.705. The lowest BCUT2D eigenvalue weighted by Gasteiger charge is -1.99. The van der Waals surface area contributed by atoms with Gasteiger partial charge >= 0.3 is 0 Å². The van der Waals surface area contributed by atoms with Crippen LogP contribution in [0.3, 0.4) is 0 Å². The van der Waals surface area contributed by atoms with E-state index in [9.17, 15) is 4.79 Å². The molecule has 4 rings (SSSR count). The molecule has 108 valence electrons. The summed E-state index contributed by atoms with van der Waals surface area (Å²) in [6.07, 6.45) is 2.84. The average molecular weight is 354 g/mol. The Labute approximate surface area is 135 Å². The van der Waals surface area contributed by atoms with Crippen LogP contribution in [0.4, 0.5) is 0 Å². The van der Waals surface area contributed by atoms with Gasteiger partial charge in [-0.25, -0.2) is 0 Å². The van der Waals surface area contributed by atoms with Crippen LogP contribution in [-0.2, 0) is 0 Å². The van der Waals surface area contributed by atoms with Crippen molar-refractivity contribution in [2.45, 2.75) is 6.92 Å². The predicted octanol–water partition coefficient (Wildman–Crippen LogP) is 5.24. The number of furan rings is 1. The highest BCUT2D eigenvalue weighted by atomic mass is 79.9. The van der Waals surface area contributed by atoms with Crippen LogP contribution >= 0.6 is 15.9 Å². The van der Waals surface area contributed by atoms with Crippen molar-refractivity contribution in [2.24, 2.45) is 0 Å². The Morgan fingerprint density at radius 3 is 2.82 bits per heavy atom. The molecule has 0 saturated carbocycles. The first-order valence-electron chi connectivity index (χ1n) is 6.92. The average Bonchev–Trinajstić information content (AvgIpc) is 3.06. The van der Waals surface area contributed by atoms with E-state index in [1.54, 1.807) is 0 Å². The van der Waals surface area contributed by atoms with Crippen molar-refractivity contribution in [1.29, 1.82) is 0 Å². The third kappa shape index (κ3) is 1.99. The molecule has 1 aromatic carbocycles. The quantitative estimate of drug-likeness (QED) is 0.462. The standard InChI is InChI=1S/C18H12BrNO2/c1-11-2-4-14-8-15(16(10-21)20(14)9-11)18-7-12-6-13(19)3-5-17(12)22-18/h2-10H,1H3. The van der Waals surface area contributed by atoms with E-state index >= 15 is 0 Å². The van der Waals surface area contributed by atoms with E-state index in [2.05, 4.69) is 15.9 Å². The van der Waals surface area contributed by atoms with Gasteiger partial charge in [-0.3, -0.25) is 4.79 Å². The Bertz CT molecular complexity index is 1030. The number of carbonyl (C=O) groups excluding carboxylic acids is 1. The highest BCUT2D eigenvalue weighted by molar-refractivity contribution is 9.10. The van der Waals surface area contributed by atoms with Gasteiger partial charge in [0.05, 0.1) is 5.69 Å². The topological polar surface area (TPSA) is 34.6 Å². The smallest absolute Gasteiger partial charge is 0.167 e. The first kappa shape index (κ1) is 13.3. The highest BCUT2D eigenvalue weighted by Gasteiger charge is 2.15. The fourth-order valence-electron chi connectivity index (χ4n) is 2.76. The summed E-state index contributed by atoms with van der Waals surface area (Å²) in [7, 11) is 0. The number of hydrogen-bond acceptors (Lipinski definition) is 2. The minimum absolute atomic E-state index is 0.608. The molecule has 3 heterocycles. The molecule has 0 N–H and O–H groups in total. The Balaban J connectivity index is 2.00. The summed E-state index contributed by atoms with van der Waals surface area (Å²) in [6.45, 7) is 2.01. The number of nitrogens with zero attached hydrogens (tertiary/aromatic N) is 1. The van der Waals surface area contributed by atoms with E-state index < -0.39 is 0 Å². The number of fused-ring (bicyclic) bond motifs is 2. The first-order valence-corrected chi connectivity index (χ1v) is 7.71. The molecule has 0 radical (unpaired) electrons. The Kier molecular flexibility index (Phi) is 2.94. The van der Waals surface area contributed by atoms with E-state index in [-0.39, 0.29) is 0 Å². The van der Waals surface area contributed by atoms with E-state index in [4.69, 9.17) is 4.42 Å². The number of rotatable bonds is 2. The minimum Gasteiger partial charge on any atom is -0.456 e. The summed E-state index contributed by atoms with van der Waals surface area (Å²) in [5.41, 5.74) is 4.31.